The largest absolute Gasteiger partial charge is 0.368 e. The van der Waals surface area contributed by atoms with Crippen LogP contribution in [0.4, 0.5) is 8.78 Å². The zero-order chi connectivity index (χ0) is 14.6. The number of rotatable bonds is 5. The minimum atomic E-state index is -3.36. The molecule has 1 heterocycles. The molecule has 0 aromatic heterocycles. The molecule has 0 aromatic carbocycles. The lowest BCUT2D eigenvalue weighted by Crippen LogP contribution is -2.44. The third-order valence-corrected chi connectivity index (χ3v) is 2.87. The SMILES string of the molecule is CCC(C(N)=O)N1C=CC(CC(F)(F)Cl)=CCC1=O. The molecule has 0 bridgehead atoms. The molecule has 1 aliphatic rings. The molecule has 2 N–H and O–H groups in total. The first-order chi connectivity index (χ1) is 8.74. The Morgan fingerprint density at radius 1 is 1.63 bits per heavy atom. The lowest BCUT2D eigenvalue weighted by Gasteiger charge is -2.24. The maximum absolute atomic E-state index is 12.7. The second-order valence-electron chi connectivity index (χ2n) is 4.22. The van der Waals surface area contributed by atoms with Crippen LogP contribution in [0.2, 0.25) is 0 Å². The molecule has 106 valence electrons. The number of amides is 2. The van der Waals surface area contributed by atoms with Crippen molar-refractivity contribution in [3.63, 3.8) is 0 Å². The molecule has 1 rings (SSSR count). The molecule has 0 fully saturated rings. The smallest absolute Gasteiger partial charge is 0.325 e. The molecule has 0 aliphatic carbocycles. The molecular weight excluding hydrogens is 278 g/mol. The van der Waals surface area contributed by atoms with E-state index in [4.69, 9.17) is 17.3 Å². The van der Waals surface area contributed by atoms with Gasteiger partial charge in [0.05, 0.1) is 6.42 Å². The van der Waals surface area contributed by atoms with Crippen molar-refractivity contribution >= 4 is 23.4 Å². The van der Waals surface area contributed by atoms with Gasteiger partial charge in [-0.05, 0) is 29.7 Å². The van der Waals surface area contributed by atoms with Gasteiger partial charge in [-0.2, -0.15) is 8.78 Å². The predicted octanol–water partition coefficient (Wildman–Crippen LogP) is 2.14. The molecular formula is C12H15ClF2N2O2. The second kappa shape index (κ2) is 6.14. The summed E-state index contributed by atoms with van der Waals surface area (Å²) >= 11 is 4.85. The normalized spacial score (nSPS) is 18.0. The van der Waals surface area contributed by atoms with Gasteiger partial charge in [0.1, 0.15) is 6.04 Å². The number of allylic oxidation sites excluding steroid dienone is 2. The number of hydrogen-bond donors (Lipinski definition) is 1. The van der Waals surface area contributed by atoms with Crippen molar-refractivity contribution in [1.82, 2.24) is 4.90 Å². The van der Waals surface area contributed by atoms with E-state index in [0.29, 0.717) is 6.42 Å². The zero-order valence-corrected chi connectivity index (χ0v) is 11.2. The molecule has 0 radical (unpaired) electrons. The summed E-state index contributed by atoms with van der Waals surface area (Å²) in [5.74, 6) is -0.999. The number of halogens is 3. The average Bonchev–Trinajstić information content (AvgIpc) is 2.42. The van der Waals surface area contributed by atoms with E-state index in [1.165, 1.54) is 23.3 Å². The Kier molecular flexibility index (Phi) is 5.05. The quantitative estimate of drug-likeness (QED) is 0.789. The van der Waals surface area contributed by atoms with Crippen LogP contribution in [-0.4, -0.2) is 28.1 Å². The fourth-order valence-corrected chi connectivity index (χ4v) is 1.98. The molecule has 0 aromatic rings. The van der Waals surface area contributed by atoms with Crippen LogP contribution in [0.15, 0.2) is 23.9 Å². The maximum atomic E-state index is 12.7. The highest BCUT2D eigenvalue weighted by Crippen LogP contribution is 2.29. The molecule has 0 saturated carbocycles. The van der Waals surface area contributed by atoms with Gasteiger partial charge in [-0.15, -0.1) is 0 Å². The summed E-state index contributed by atoms with van der Waals surface area (Å²) in [7, 11) is 0. The molecule has 7 heteroatoms. The zero-order valence-electron chi connectivity index (χ0n) is 10.4. The predicted molar refractivity (Wildman–Crippen MR) is 67.4 cm³/mol. The summed E-state index contributed by atoms with van der Waals surface area (Å²) in [5, 5.41) is -3.36. The van der Waals surface area contributed by atoms with E-state index < -0.39 is 23.8 Å². The highest BCUT2D eigenvalue weighted by molar-refractivity contribution is 6.21. The van der Waals surface area contributed by atoms with E-state index >= 15 is 0 Å². The Bertz CT molecular complexity index is 430. The first-order valence-corrected chi connectivity index (χ1v) is 6.17. The van der Waals surface area contributed by atoms with E-state index in [-0.39, 0.29) is 17.9 Å². The van der Waals surface area contributed by atoms with Gasteiger partial charge in [0.15, 0.2) is 0 Å². The van der Waals surface area contributed by atoms with Crippen LogP contribution in [0.3, 0.4) is 0 Å². The Balaban J connectivity index is 2.89. The van der Waals surface area contributed by atoms with Crippen molar-refractivity contribution in [2.45, 2.75) is 37.6 Å². The molecule has 1 atom stereocenters. The lowest BCUT2D eigenvalue weighted by atomic mass is 10.1. The van der Waals surface area contributed by atoms with Crippen LogP contribution in [-0.2, 0) is 9.59 Å². The minimum Gasteiger partial charge on any atom is -0.368 e. The van der Waals surface area contributed by atoms with Gasteiger partial charge < -0.3 is 10.6 Å². The topological polar surface area (TPSA) is 63.4 Å². The van der Waals surface area contributed by atoms with Gasteiger partial charge in [0.25, 0.3) is 0 Å². The summed E-state index contributed by atoms with van der Waals surface area (Å²) in [6, 6.07) is -0.770. The van der Waals surface area contributed by atoms with E-state index in [2.05, 4.69) is 0 Å². The first kappa shape index (κ1) is 15.6. The average molecular weight is 293 g/mol. The van der Waals surface area contributed by atoms with E-state index in [1.807, 2.05) is 0 Å². The molecule has 1 unspecified atom stereocenters. The highest BCUT2D eigenvalue weighted by atomic mass is 35.5. The fourth-order valence-electron chi connectivity index (χ4n) is 1.83. The fraction of sp³-hybridized carbons (Fsp3) is 0.500. The number of alkyl halides is 3. The van der Waals surface area contributed by atoms with Crippen molar-refractivity contribution < 1.29 is 18.4 Å². The number of carbonyl (C=O) groups is 2. The number of hydrogen-bond acceptors (Lipinski definition) is 2. The number of nitrogens with zero attached hydrogens (tertiary/aromatic N) is 1. The second-order valence-corrected chi connectivity index (χ2v) is 4.77. The monoisotopic (exact) mass is 292 g/mol. The van der Waals surface area contributed by atoms with Gasteiger partial charge in [-0.1, -0.05) is 13.0 Å². The summed E-state index contributed by atoms with van der Waals surface area (Å²) < 4.78 is 25.4. The van der Waals surface area contributed by atoms with E-state index in [0.717, 1.165) is 0 Å². The van der Waals surface area contributed by atoms with Crippen LogP contribution in [0.1, 0.15) is 26.2 Å². The van der Waals surface area contributed by atoms with Crippen LogP contribution in [0.5, 0.6) is 0 Å². The Morgan fingerprint density at radius 2 is 2.26 bits per heavy atom. The minimum absolute atomic E-state index is 0.0704. The number of primary amides is 1. The van der Waals surface area contributed by atoms with E-state index in [1.54, 1.807) is 6.92 Å². The summed E-state index contributed by atoms with van der Waals surface area (Å²) in [6.07, 6.45) is 3.66. The van der Waals surface area contributed by atoms with Crippen LogP contribution in [0.25, 0.3) is 0 Å². The van der Waals surface area contributed by atoms with Gasteiger partial charge in [0.2, 0.25) is 11.8 Å². The third kappa shape index (κ3) is 4.63. The van der Waals surface area contributed by atoms with Crippen LogP contribution in [0, 0.1) is 0 Å². The van der Waals surface area contributed by atoms with Crippen molar-refractivity contribution in [2.75, 3.05) is 0 Å². The summed E-state index contributed by atoms with van der Waals surface area (Å²) in [4.78, 5) is 24.2. The molecule has 2 amide bonds. The van der Waals surface area contributed by atoms with Gasteiger partial charge in [0, 0.05) is 12.6 Å². The highest BCUT2D eigenvalue weighted by Gasteiger charge is 2.29. The van der Waals surface area contributed by atoms with Crippen molar-refractivity contribution in [2.24, 2.45) is 5.73 Å². The van der Waals surface area contributed by atoms with Crippen molar-refractivity contribution in [3.05, 3.63) is 23.9 Å². The van der Waals surface area contributed by atoms with Crippen LogP contribution >= 0.6 is 11.6 Å². The molecule has 1 aliphatic heterocycles. The van der Waals surface area contributed by atoms with Crippen LogP contribution < -0.4 is 5.73 Å². The Morgan fingerprint density at radius 3 is 2.74 bits per heavy atom. The lowest BCUT2D eigenvalue weighted by molar-refractivity contribution is -0.135. The molecule has 0 saturated heterocycles. The van der Waals surface area contributed by atoms with Crippen molar-refractivity contribution in [1.29, 1.82) is 0 Å². The third-order valence-electron chi connectivity index (χ3n) is 2.73. The standard InChI is InChI=1S/C12H15ClF2N2O2/c1-2-9(11(16)19)17-6-5-8(3-4-10(17)18)7-12(13,14)15/h3,5-6,9H,2,4,7H2,1H3,(H2,16,19). The first-order valence-electron chi connectivity index (χ1n) is 5.79. The van der Waals surface area contributed by atoms with Gasteiger partial charge >= 0.3 is 5.38 Å². The maximum Gasteiger partial charge on any atom is 0.325 e. The molecule has 4 nitrogen and oxygen atoms in total. The van der Waals surface area contributed by atoms with Crippen molar-refractivity contribution in [3.8, 4) is 0 Å². The molecule has 19 heavy (non-hydrogen) atoms. The number of nitrogens with two attached hydrogens (primary N) is 1. The Labute approximate surface area is 114 Å². The summed E-state index contributed by atoms with van der Waals surface area (Å²) in [5.41, 5.74) is 5.45. The Hall–Kier alpha value is -1.43. The van der Waals surface area contributed by atoms with E-state index in [9.17, 15) is 18.4 Å². The van der Waals surface area contributed by atoms with Gasteiger partial charge in [-0.3, -0.25) is 9.59 Å². The van der Waals surface area contributed by atoms with Gasteiger partial charge in [-0.25, -0.2) is 0 Å². The summed E-state index contributed by atoms with van der Waals surface area (Å²) in [6.45, 7) is 1.71. The molecule has 0 spiro atoms. The number of carbonyl (C=O) groups excluding carboxylic acids is 2.